The minimum Gasteiger partial charge on any atom is -0.379 e. The van der Waals surface area contributed by atoms with E-state index in [9.17, 15) is 0 Å². The first kappa shape index (κ1) is 11.7. The Morgan fingerprint density at radius 2 is 2.18 bits per heavy atom. The molecule has 0 N–H and O–H groups in total. The van der Waals surface area contributed by atoms with Crippen molar-refractivity contribution < 1.29 is 4.74 Å². The minimum atomic E-state index is 0.605. The molecule has 1 aliphatic heterocycles. The van der Waals surface area contributed by atoms with Crippen molar-refractivity contribution in [1.82, 2.24) is 9.29 Å². The van der Waals surface area contributed by atoms with Crippen LogP contribution < -0.4 is 0 Å². The van der Waals surface area contributed by atoms with E-state index in [2.05, 4.69) is 21.4 Å². The fourth-order valence-electron chi connectivity index (χ4n) is 1.72. The molecule has 17 heavy (non-hydrogen) atoms. The molecule has 1 aliphatic rings. The molecule has 0 unspecified atom stereocenters. The van der Waals surface area contributed by atoms with Gasteiger partial charge in [-0.05, 0) is 30.1 Å². The maximum absolute atomic E-state index is 5.90. The van der Waals surface area contributed by atoms with Crippen LogP contribution in [0.4, 0.5) is 0 Å². The molecule has 2 heterocycles. The van der Waals surface area contributed by atoms with E-state index in [1.54, 1.807) is 11.9 Å². The van der Waals surface area contributed by atoms with Crippen LogP contribution in [0.3, 0.4) is 0 Å². The summed E-state index contributed by atoms with van der Waals surface area (Å²) in [6.45, 7) is 3.60. The number of hydrogen-bond donors (Lipinski definition) is 0. The molecule has 1 aromatic carbocycles. The molecule has 0 aliphatic carbocycles. The highest BCUT2D eigenvalue weighted by molar-refractivity contribution is 7.97. The van der Waals surface area contributed by atoms with Crippen LogP contribution in [0.15, 0.2) is 23.1 Å². The molecule has 0 bridgehead atoms. The quantitative estimate of drug-likeness (QED) is 0.791. The molecule has 6 heteroatoms. The van der Waals surface area contributed by atoms with Crippen LogP contribution >= 0.6 is 34.9 Å². The standard InChI is InChI=1S/C11H11ClN2OS2/c12-11-13-9-2-1-8(7-10(9)16-11)17-14-3-5-15-6-4-14/h1-2,7H,3-6H2. The minimum absolute atomic E-state index is 0.605. The lowest BCUT2D eigenvalue weighted by molar-refractivity contribution is 0.0773. The molecular formula is C11H11ClN2OS2. The molecule has 0 spiro atoms. The van der Waals surface area contributed by atoms with Gasteiger partial charge in [0.2, 0.25) is 0 Å². The van der Waals surface area contributed by atoms with Crippen molar-refractivity contribution in [2.75, 3.05) is 26.3 Å². The maximum atomic E-state index is 5.90. The summed E-state index contributed by atoms with van der Waals surface area (Å²) in [6.07, 6.45) is 0. The van der Waals surface area contributed by atoms with Crippen LogP contribution in [0.5, 0.6) is 0 Å². The fourth-order valence-corrected chi connectivity index (χ4v) is 3.79. The zero-order valence-corrected chi connectivity index (χ0v) is 11.4. The first-order valence-corrected chi connectivity index (χ1v) is 7.35. The highest BCUT2D eigenvalue weighted by atomic mass is 35.5. The van der Waals surface area contributed by atoms with Gasteiger partial charge in [-0.25, -0.2) is 9.29 Å². The molecule has 0 atom stereocenters. The van der Waals surface area contributed by atoms with Gasteiger partial charge in [-0.1, -0.05) is 11.6 Å². The molecule has 2 aromatic rings. The Kier molecular flexibility index (Phi) is 3.54. The molecule has 0 amide bonds. The Labute approximate surface area is 113 Å². The Hall–Kier alpha value is -0.330. The van der Waals surface area contributed by atoms with Crippen molar-refractivity contribution in [2.24, 2.45) is 0 Å². The van der Waals surface area contributed by atoms with Crippen molar-refractivity contribution >= 4 is 45.1 Å². The highest BCUT2D eigenvalue weighted by Gasteiger charge is 2.12. The third-order valence-corrected chi connectivity index (χ3v) is 4.75. The largest absolute Gasteiger partial charge is 0.379 e. The van der Waals surface area contributed by atoms with Crippen molar-refractivity contribution in [3.05, 3.63) is 22.7 Å². The van der Waals surface area contributed by atoms with Gasteiger partial charge in [0.05, 0.1) is 23.4 Å². The molecule has 0 saturated carbocycles. The van der Waals surface area contributed by atoms with Crippen LogP contribution in [0.25, 0.3) is 10.2 Å². The van der Waals surface area contributed by atoms with E-state index in [0.717, 1.165) is 36.5 Å². The average molecular weight is 287 g/mol. The van der Waals surface area contributed by atoms with E-state index in [4.69, 9.17) is 16.3 Å². The lowest BCUT2D eigenvalue weighted by Gasteiger charge is -2.25. The van der Waals surface area contributed by atoms with Crippen molar-refractivity contribution in [2.45, 2.75) is 4.90 Å². The Balaban J connectivity index is 1.79. The Morgan fingerprint density at radius 3 is 3.00 bits per heavy atom. The van der Waals surface area contributed by atoms with Gasteiger partial charge in [0.25, 0.3) is 0 Å². The van der Waals surface area contributed by atoms with E-state index in [1.165, 1.54) is 16.2 Å². The second-order valence-corrected chi connectivity index (χ2v) is 6.51. The van der Waals surface area contributed by atoms with Crippen LogP contribution in [0.1, 0.15) is 0 Å². The van der Waals surface area contributed by atoms with E-state index >= 15 is 0 Å². The number of morpholine rings is 1. The van der Waals surface area contributed by atoms with Crippen LogP contribution in [0.2, 0.25) is 4.47 Å². The summed E-state index contributed by atoms with van der Waals surface area (Å²) in [4.78, 5) is 5.48. The predicted octanol–water partition coefficient (Wildman–Crippen LogP) is 3.29. The normalized spacial score (nSPS) is 17.7. The monoisotopic (exact) mass is 286 g/mol. The lowest BCUT2D eigenvalue weighted by atomic mass is 10.3. The van der Waals surface area contributed by atoms with Gasteiger partial charge in [0, 0.05) is 18.0 Å². The third-order valence-electron chi connectivity index (χ3n) is 2.54. The molecule has 1 aromatic heterocycles. The molecule has 90 valence electrons. The van der Waals surface area contributed by atoms with Gasteiger partial charge in [0.15, 0.2) is 4.47 Å². The molecular weight excluding hydrogens is 276 g/mol. The van der Waals surface area contributed by atoms with Crippen LogP contribution in [-0.2, 0) is 4.74 Å². The topological polar surface area (TPSA) is 25.4 Å². The molecule has 3 rings (SSSR count). The number of benzene rings is 1. The fraction of sp³-hybridized carbons (Fsp3) is 0.364. The van der Waals surface area contributed by atoms with Crippen LogP contribution in [-0.4, -0.2) is 35.6 Å². The van der Waals surface area contributed by atoms with Crippen molar-refractivity contribution in [3.63, 3.8) is 0 Å². The zero-order valence-electron chi connectivity index (χ0n) is 9.06. The molecule has 0 radical (unpaired) electrons. The number of thiazole rings is 1. The number of rotatable bonds is 2. The highest BCUT2D eigenvalue weighted by Crippen LogP contribution is 2.31. The lowest BCUT2D eigenvalue weighted by Crippen LogP contribution is -2.30. The van der Waals surface area contributed by atoms with Crippen LogP contribution in [0, 0.1) is 0 Å². The number of hydrogen-bond acceptors (Lipinski definition) is 5. The molecule has 1 fully saturated rings. The number of fused-ring (bicyclic) bond motifs is 1. The summed E-state index contributed by atoms with van der Waals surface area (Å²) in [7, 11) is 0. The maximum Gasteiger partial charge on any atom is 0.184 e. The van der Waals surface area contributed by atoms with Gasteiger partial charge in [-0.2, -0.15) is 0 Å². The number of ether oxygens (including phenoxy) is 1. The van der Waals surface area contributed by atoms with E-state index in [1.807, 2.05) is 6.07 Å². The Bertz CT molecular complexity index is 525. The molecule has 3 nitrogen and oxygen atoms in total. The van der Waals surface area contributed by atoms with Gasteiger partial charge < -0.3 is 4.74 Å². The summed E-state index contributed by atoms with van der Waals surface area (Å²) < 4.78 is 9.41. The second-order valence-electron chi connectivity index (χ2n) is 3.73. The first-order valence-electron chi connectivity index (χ1n) is 5.38. The molecule has 1 saturated heterocycles. The average Bonchev–Trinajstić information content (AvgIpc) is 2.70. The van der Waals surface area contributed by atoms with Gasteiger partial charge in [-0.3, -0.25) is 0 Å². The summed E-state index contributed by atoms with van der Waals surface area (Å²) in [6, 6.07) is 6.28. The smallest absolute Gasteiger partial charge is 0.184 e. The van der Waals surface area contributed by atoms with Gasteiger partial charge >= 0.3 is 0 Å². The van der Waals surface area contributed by atoms with E-state index in [-0.39, 0.29) is 0 Å². The first-order chi connectivity index (χ1) is 8.31. The third kappa shape index (κ3) is 2.74. The number of nitrogens with zero attached hydrogens (tertiary/aromatic N) is 2. The second kappa shape index (κ2) is 5.12. The van der Waals surface area contributed by atoms with Crippen molar-refractivity contribution in [3.8, 4) is 0 Å². The zero-order chi connectivity index (χ0) is 11.7. The SMILES string of the molecule is Clc1nc2ccc(SN3CCOCC3)cc2s1. The van der Waals surface area contributed by atoms with Gasteiger partial charge in [-0.15, -0.1) is 11.3 Å². The summed E-state index contributed by atoms with van der Waals surface area (Å²) >= 11 is 9.20. The predicted molar refractivity (Wildman–Crippen MR) is 72.9 cm³/mol. The number of halogens is 1. The van der Waals surface area contributed by atoms with Crippen molar-refractivity contribution in [1.29, 1.82) is 0 Å². The number of aromatic nitrogens is 1. The van der Waals surface area contributed by atoms with E-state index in [0.29, 0.717) is 4.47 Å². The summed E-state index contributed by atoms with van der Waals surface area (Å²) in [5, 5.41) is 0. The Morgan fingerprint density at radius 1 is 1.35 bits per heavy atom. The van der Waals surface area contributed by atoms with Gasteiger partial charge in [0.1, 0.15) is 0 Å². The van der Waals surface area contributed by atoms with E-state index < -0.39 is 0 Å². The summed E-state index contributed by atoms with van der Waals surface area (Å²) in [5.41, 5.74) is 0.978. The summed E-state index contributed by atoms with van der Waals surface area (Å²) in [5.74, 6) is 0.